The maximum absolute atomic E-state index is 7.79. The molecule has 0 spiro atoms. The average Bonchev–Trinajstić information content (AvgIpc) is 3.85. The Morgan fingerprint density at radius 3 is 1.48 bits per heavy atom. The standard InChI is InChI=1S/C60H55ClN2O2S/c1-58(2,3)38-21-25-41(26-22-38)62(44-30-32-54-50(36-44)48-18-11-13-20-53(48)64-54)43-15-14-16-46(35-43)66-56-34-40(60(7,8)9)33-51(57(56)61)63(42-27-23-39(24-28-42)59(4,5)6)45-29-31-49-47-17-10-12-19-52(47)65-55(49)37-45/h10-37H,1-9H3. The second-order valence-electron chi connectivity index (χ2n) is 20.5. The monoisotopic (exact) mass is 902 g/mol. The highest BCUT2D eigenvalue weighted by atomic mass is 35.5. The van der Waals surface area contributed by atoms with E-state index in [9.17, 15) is 0 Å². The molecule has 10 rings (SSSR count). The molecule has 330 valence electrons. The van der Waals surface area contributed by atoms with Crippen molar-refractivity contribution in [3.8, 4) is 0 Å². The Morgan fingerprint density at radius 2 is 0.864 bits per heavy atom. The molecule has 0 amide bonds. The number of hydrogen-bond donors (Lipinski definition) is 0. The van der Waals surface area contributed by atoms with Crippen molar-refractivity contribution in [3.05, 3.63) is 192 Å². The van der Waals surface area contributed by atoms with Gasteiger partial charge in [-0.2, -0.15) is 0 Å². The molecule has 10 aromatic rings. The number of para-hydroxylation sites is 2. The summed E-state index contributed by atoms with van der Waals surface area (Å²) in [5.41, 5.74) is 13.1. The predicted molar refractivity (Wildman–Crippen MR) is 282 cm³/mol. The van der Waals surface area contributed by atoms with Crippen LogP contribution in [-0.2, 0) is 16.2 Å². The van der Waals surface area contributed by atoms with Crippen LogP contribution in [0.25, 0.3) is 43.9 Å². The third-order valence-electron chi connectivity index (χ3n) is 12.7. The van der Waals surface area contributed by atoms with Gasteiger partial charge in [0.15, 0.2) is 0 Å². The van der Waals surface area contributed by atoms with Crippen molar-refractivity contribution in [2.45, 2.75) is 88.3 Å². The van der Waals surface area contributed by atoms with Gasteiger partial charge in [-0.3, -0.25) is 0 Å². The molecule has 4 nitrogen and oxygen atoms in total. The van der Waals surface area contributed by atoms with Crippen LogP contribution in [0.3, 0.4) is 0 Å². The number of benzene rings is 8. The lowest BCUT2D eigenvalue weighted by Crippen LogP contribution is -2.16. The number of halogens is 1. The Bertz CT molecular complexity index is 3420. The van der Waals surface area contributed by atoms with Crippen molar-refractivity contribution in [2.75, 3.05) is 9.80 Å². The Hall–Kier alpha value is -6.40. The highest BCUT2D eigenvalue weighted by Crippen LogP contribution is 2.49. The van der Waals surface area contributed by atoms with E-state index in [2.05, 4.69) is 218 Å². The van der Waals surface area contributed by atoms with Gasteiger partial charge in [0, 0.05) is 65.8 Å². The van der Waals surface area contributed by atoms with E-state index in [1.54, 1.807) is 11.8 Å². The van der Waals surface area contributed by atoms with Gasteiger partial charge >= 0.3 is 0 Å². The maximum atomic E-state index is 7.79. The number of hydrogen-bond acceptors (Lipinski definition) is 5. The second-order valence-corrected chi connectivity index (χ2v) is 22.0. The first-order chi connectivity index (χ1) is 31.5. The third-order valence-corrected chi connectivity index (χ3v) is 14.2. The van der Waals surface area contributed by atoms with E-state index in [0.717, 1.165) is 87.8 Å². The summed E-state index contributed by atoms with van der Waals surface area (Å²) < 4.78 is 12.7. The molecule has 0 radical (unpaired) electrons. The van der Waals surface area contributed by atoms with E-state index < -0.39 is 0 Å². The molecule has 0 aliphatic heterocycles. The Morgan fingerprint density at radius 1 is 0.379 bits per heavy atom. The maximum Gasteiger partial charge on any atom is 0.137 e. The molecule has 0 saturated heterocycles. The van der Waals surface area contributed by atoms with Crippen LogP contribution in [0.1, 0.15) is 79.0 Å². The van der Waals surface area contributed by atoms with E-state index in [1.807, 2.05) is 24.3 Å². The number of fused-ring (bicyclic) bond motifs is 6. The van der Waals surface area contributed by atoms with E-state index in [4.69, 9.17) is 20.4 Å². The molecular weight excluding hydrogens is 848 g/mol. The summed E-state index contributed by atoms with van der Waals surface area (Å²) in [5, 5.41) is 5.04. The van der Waals surface area contributed by atoms with Crippen molar-refractivity contribution >= 4 is 101 Å². The fourth-order valence-corrected chi connectivity index (χ4v) is 10.1. The highest BCUT2D eigenvalue weighted by Gasteiger charge is 2.26. The van der Waals surface area contributed by atoms with Gasteiger partial charge in [0.2, 0.25) is 0 Å². The molecule has 0 bridgehead atoms. The first-order valence-electron chi connectivity index (χ1n) is 22.8. The lowest BCUT2D eigenvalue weighted by molar-refractivity contribution is 0.588. The van der Waals surface area contributed by atoms with E-state index in [-0.39, 0.29) is 16.2 Å². The third kappa shape index (κ3) is 8.25. The molecule has 0 aliphatic carbocycles. The SMILES string of the molecule is CC(C)(C)c1ccc(N(c2cccc(Sc3cc(C(C)(C)C)cc(N(c4ccc(C(C)(C)C)cc4)c4ccc5c(c4)oc4ccccc45)c3Cl)c2)c2ccc3oc4ccccc4c3c2)cc1. The van der Waals surface area contributed by atoms with Crippen LogP contribution in [0.2, 0.25) is 5.02 Å². The first kappa shape index (κ1) is 43.5. The number of furan rings is 2. The van der Waals surface area contributed by atoms with Crippen molar-refractivity contribution in [2.24, 2.45) is 0 Å². The van der Waals surface area contributed by atoms with E-state index in [0.29, 0.717) is 5.02 Å². The topological polar surface area (TPSA) is 32.8 Å². The fourth-order valence-electron chi connectivity index (χ4n) is 8.87. The smallest absolute Gasteiger partial charge is 0.137 e. The minimum atomic E-state index is -0.174. The zero-order valence-corrected chi connectivity index (χ0v) is 40.7. The summed E-state index contributed by atoms with van der Waals surface area (Å²) in [7, 11) is 0. The molecule has 66 heavy (non-hydrogen) atoms. The summed E-state index contributed by atoms with van der Waals surface area (Å²) in [5.74, 6) is 0. The van der Waals surface area contributed by atoms with E-state index >= 15 is 0 Å². The van der Waals surface area contributed by atoms with Crippen molar-refractivity contribution in [3.63, 3.8) is 0 Å². The zero-order valence-electron chi connectivity index (χ0n) is 39.2. The van der Waals surface area contributed by atoms with Crippen molar-refractivity contribution < 1.29 is 8.83 Å². The van der Waals surface area contributed by atoms with Crippen LogP contribution in [0.15, 0.2) is 188 Å². The summed E-state index contributed by atoms with van der Waals surface area (Å²) in [6.45, 7) is 20.3. The fraction of sp³-hybridized carbons (Fsp3) is 0.200. The lowest BCUT2D eigenvalue weighted by atomic mass is 9.86. The molecule has 2 aromatic heterocycles. The molecule has 0 aliphatic rings. The normalized spacial score (nSPS) is 12.5. The predicted octanol–water partition coefficient (Wildman–Crippen LogP) is 19.1. The highest BCUT2D eigenvalue weighted by molar-refractivity contribution is 7.99. The largest absolute Gasteiger partial charge is 0.456 e. The molecule has 0 saturated carbocycles. The summed E-state index contributed by atoms with van der Waals surface area (Å²) >= 11 is 9.49. The van der Waals surface area contributed by atoms with Crippen molar-refractivity contribution in [1.82, 2.24) is 0 Å². The summed E-state index contributed by atoms with van der Waals surface area (Å²) in [6, 6.07) is 60.7. The van der Waals surface area contributed by atoms with Crippen LogP contribution in [0, 0.1) is 0 Å². The number of rotatable bonds is 8. The lowest BCUT2D eigenvalue weighted by Gasteiger charge is -2.30. The molecule has 0 unspecified atom stereocenters. The van der Waals surface area contributed by atoms with Crippen LogP contribution in [0.4, 0.5) is 34.1 Å². The van der Waals surface area contributed by atoms with Gasteiger partial charge < -0.3 is 18.6 Å². The van der Waals surface area contributed by atoms with Crippen LogP contribution >= 0.6 is 23.4 Å². The van der Waals surface area contributed by atoms with Gasteiger partial charge in [-0.1, -0.05) is 152 Å². The molecule has 0 atom stereocenters. The van der Waals surface area contributed by atoms with Gasteiger partial charge in [-0.15, -0.1) is 0 Å². The van der Waals surface area contributed by atoms with Crippen LogP contribution < -0.4 is 9.80 Å². The quantitative estimate of drug-likeness (QED) is 0.152. The second kappa shape index (κ2) is 16.5. The number of nitrogens with zero attached hydrogens (tertiary/aromatic N) is 2. The number of anilines is 6. The van der Waals surface area contributed by atoms with Crippen LogP contribution in [0.5, 0.6) is 0 Å². The van der Waals surface area contributed by atoms with Gasteiger partial charge in [-0.25, -0.2) is 0 Å². The van der Waals surface area contributed by atoms with Gasteiger partial charge in [0.25, 0.3) is 0 Å². The Kier molecular flexibility index (Phi) is 10.9. The van der Waals surface area contributed by atoms with Gasteiger partial charge in [-0.05, 0) is 130 Å². The minimum absolute atomic E-state index is 0.00449. The summed E-state index contributed by atoms with van der Waals surface area (Å²) in [6.07, 6.45) is 0. The molecule has 2 heterocycles. The molecule has 0 fully saturated rings. The summed E-state index contributed by atoms with van der Waals surface area (Å²) in [4.78, 5) is 6.68. The zero-order chi connectivity index (χ0) is 46.1. The molecule has 6 heteroatoms. The van der Waals surface area contributed by atoms with Crippen molar-refractivity contribution in [1.29, 1.82) is 0 Å². The Balaban J connectivity index is 1.10. The molecular formula is C60H55ClN2O2S. The Labute approximate surface area is 397 Å². The first-order valence-corrected chi connectivity index (χ1v) is 23.9. The molecule has 8 aromatic carbocycles. The van der Waals surface area contributed by atoms with Gasteiger partial charge in [0.05, 0.1) is 10.7 Å². The van der Waals surface area contributed by atoms with Crippen LogP contribution in [-0.4, -0.2) is 0 Å². The average molecular weight is 904 g/mol. The van der Waals surface area contributed by atoms with Gasteiger partial charge in [0.1, 0.15) is 22.3 Å². The minimum Gasteiger partial charge on any atom is -0.456 e. The molecule has 0 N–H and O–H groups in total. The van der Waals surface area contributed by atoms with E-state index in [1.165, 1.54) is 16.7 Å².